The van der Waals surface area contributed by atoms with E-state index in [9.17, 15) is 35.8 Å². The Morgan fingerprint density at radius 2 is 1.12 bits per heavy atom. The largest absolute Gasteiger partial charge is 1.00 e. The first-order valence-corrected chi connectivity index (χ1v) is 33.6. The van der Waals surface area contributed by atoms with Crippen LogP contribution >= 0.6 is 47.8 Å². The molecule has 0 aliphatic carbocycles. The average molecular weight is 1640 g/mol. The van der Waals surface area contributed by atoms with Gasteiger partial charge in [-0.1, -0.05) is 131 Å². The number of carbonyl (C=O) groups is 4. The first kappa shape index (κ1) is 91.0. The number of esters is 2. The molecule has 0 aliphatic rings. The number of hydrogen-bond acceptors (Lipinski definition) is 21. The zero-order valence-corrected chi connectivity index (χ0v) is 69.2. The number of carbonyl (C=O) groups excluding carboxylic acids is 4. The van der Waals surface area contributed by atoms with E-state index < -0.39 is 43.9 Å². The number of nitrogen functional groups attached to an aromatic ring is 1. The van der Waals surface area contributed by atoms with E-state index in [1.54, 1.807) is 113 Å². The number of methoxy groups -OCH3 is 2. The van der Waals surface area contributed by atoms with Crippen molar-refractivity contribution in [2.75, 3.05) is 20.1 Å². The molecule has 9 rings (SSSR count). The van der Waals surface area contributed by atoms with Crippen LogP contribution in [-0.2, 0) is 73.0 Å². The van der Waals surface area contributed by atoms with Crippen molar-refractivity contribution in [3.63, 3.8) is 0 Å². The fraction of sp³-hybridized carbons (Fsp3) is 0.221. The monoisotopic (exact) mass is 1640 g/mol. The molecule has 0 fully saturated rings. The number of amides is 1. The predicted octanol–water partition coefficient (Wildman–Crippen LogP) is 5.54. The van der Waals surface area contributed by atoms with Gasteiger partial charge in [0.25, 0.3) is 6.47 Å². The van der Waals surface area contributed by atoms with E-state index in [0.717, 1.165) is 48.5 Å². The summed E-state index contributed by atoms with van der Waals surface area (Å²) in [6, 6.07) is 47.8. The van der Waals surface area contributed by atoms with E-state index in [1.807, 2.05) is 129 Å². The van der Waals surface area contributed by atoms with Crippen molar-refractivity contribution in [1.82, 2.24) is 20.1 Å². The second-order valence-electron chi connectivity index (χ2n) is 20.9. The molecule has 31 heteroatoms. The minimum atomic E-state index is -4.33. The van der Waals surface area contributed by atoms with Crippen molar-refractivity contribution in [3.05, 3.63) is 240 Å². The molecule has 5 aromatic carbocycles. The number of hydrogen-bond donors (Lipinski definition) is 2. The summed E-state index contributed by atoms with van der Waals surface area (Å²) in [6.45, 7) is 16.7. The molecule has 24 nitrogen and oxygen atoms in total. The van der Waals surface area contributed by atoms with E-state index >= 15 is 0 Å². The molecule has 0 bridgehead atoms. The molecule has 0 spiro atoms. The first-order chi connectivity index (χ1) is 45.8. The zero-order chi connectivity index (χ0) is 72.5. The Labute approximate surface area is 688 Å². The minimum absolute atomic E-state index is 0. The molecule has 0 radical (unpaired) electrons. The second kappa shape index (κ2) is 46.5. The Hall–Kier alpha value is -5.98. The van der Waals surface area contributed by atoms with Crippen LogP contribution in [0.5, 0.6) is 17.2 Å². The number of nitrogens with zero attached hydrogens (tertiary/aromatic N) is 4. The third-order valence-corrected chi connectivity index (χ3v) is 16.8. The van der Waals surface area contributed by atoms with Gasteiger partial charge in [-0.05, 0) is 163 Å². The van der Waals surface area contributed by atoms with Crippen LogP contribution in [0.3, 0.4) is 0 Å². The van der Waals surface area contributed by atoms with Gasteiger partial charge in [0.2, 0.25) is 11.9 Å². The number of ether oxygens (including phenoxy) is 6. The van der Waals surface area contributed by atoms with Crippen LogP contribution in [0.25, 0.3) is 5.52 Å². The number of benzene rings is 5. The summed E-state index contributed by atoms with van der Waals surface area (Å²) >= 11 is 10.2. The molecule has 9 aromatic rings. The molecule has 1 amide bonds. The van der Waals surface area contributed by atoms with Crippen LogP contribution in [0, 0.1) is 53.9 Å². The van der Waals surface area contributed by atoms with Gasteiger partial charge in [0.15, 0.2) is 11.5 Å². The molecule has 3 N–H and O–H groups in total. The number of terminal acetylenes is 1. The molecule has 0 aliphatic heterocycles. The van der Waals surface area contributed by atoms with Gasteiger partial charge in [0.1, 0.15) is 55.2 Å². The van der Waals surface area contributed by atoms with E-state index in [0.29, 0.717) is 63.5 Å². The molecule has 4 heterocycles. The van der Waals surface area contributed by atoms with Gasteiger partial charge in [-0.25, -0.2) is 38.1 Å². The molecule has 0 atom stereocenters. The summed E-state index contributed by atoms with van der Waals surface area (Å²) in [5.41, 5.74) is 9.53. The molecule has 4 aromatic heterocycles. The summed E-state index contributed by atoms with van der Waals surface area (Å²) in [4.78, 5) is 48.1. The van der Waals surface area contributed by atoms with Crippen LogP contribution in [0.2, 0.25) is 0 Å². The van der Waals surface area contributed by atoms with E-state index in [-0.39, 0.29) is 120 Å². The minimum Gasteiger partial charge on any atom is -1.00 e. The number of nitrogens with one attached hydrogen (secondary N) is 1. The fourth-order valence-electron chi connectivity index (χ4n) is 8.27. The summed E-state index contributed by atoms with van der Waals surface area (Å²) < 4.78 is 97.3. The number of rotatable bonds is 15. The maximum absolute atomic E-state index is 12.2. The quantitative estimate of drug-likeness (QED) is 0.0103. The molecule has 99 heavy (non-hydrogen) atoms. The van der Waals surface area contributed by atoms with Crippen LogP contribution in [0.1, 0.15) is 82.6 Å². The molecular weight excluding hydrogens is 1570 g/mol. The Morgan fingerprint density at radius 1 is 0.677 bits per heavy atom. The Balaban J connectivity index is 0.00000119. The normalized spacial score (nSPS) is 10.2. The molecule has 0 saturated heterocycles. The topological polar surface area (TPSA) is 329 Å². The third-order valence-electron chi connectivity index (χ3n) is 12.0. The maximum atomic E-state index is 12.2. The van der Waals surface area contributed by atoms with Gasteiger partial charge in [-0.15, -0.1) is 10.7 Å². The number of hydroxylamine groups is 1. The predicted molar refractivity (Wildman–Crippen MR) is 369 cm³/mol. The summed E-state index contributed by atoms with van der Waals surface area (Å²) in [5, 5.41) is 12.6. The maximum Gasteiger partial charge on any atom is 1.00 e. The van der Waals surface area contributed by atoms with E-state index in [1.165, 1.54) is 25.1 Å². The molecule has 0 saturated carbocycles. The summed E-state index contributed by atoms with van der Waals surface area (Å²) in [6.07, 6.45) is 8.54. The van der Waals surface area contributed by atoms with Gasteiger partial charge >= 0.3 is 136 Å². The SMILES string of the molecule is Brc1ncccc1OCc1ccccc1.C#CC(=O)OC.COC(=O)c1cnn2c(Br)c(OCc3ccccc3)ccc12.Cc1cc(C)c(S(=O)(=O)ONC(=O)OC(C)(C)C)c(C)c1.Cc1cc(C)c(S(=O)(=O)[O-])c(C)c1.N[n+]1cccc(OCc2ccccc2)c1Br.O=CO[O-].[H-].[K+].[K+]. The fourth-order valence-corrected chi connectivity index (χ4v) is 11.6. The van der Waals surface area contributed by atoms with Crippen molar-refractivity contribution >= 4 is 98.0 Å². The Morgan fingerprint density at radius 3 is 1.53 bits per heavy atom. The Bertz CT molecular complexity index is 4290. The molecule has 518 valence electrons. The van der Waals surface area contributed by atoms with Gasteiger partial charge in [-0.2, -0.15) is 19.0 Å². The van der Waals surface area contributed by atoms with E-state index in [2.05, 4.69) is 78.2 Å². The van der Waals surface area contributed by atoms with Crippen LogP contribution in [0.15, 0.2) is 194 Å². The third kappa shape index (κ3) is 33.1. The molecular formula is C68H73Br3K2N6O18S2. The zero-order valence-electron chi connectivity index (χ0n) is 57.6. The van der Waals surface area contributed by atoms with Gasteiger partial charge in [0.05, 0.1) is 30.8 Å². The number of aryl methyl sites for hydroxylation is 6. The Kier molecular flexibility index (Phi) is 42.8. The van der Waals surface area contributed by atoms with Crippen LogP contribution in [0.4, 0.5) is 4.79 Å². The number of halogens is 3. The summed E-state index contributed by atoms with van der Waals surface area (Å²) in [5.74, 6) is 8.53. The van der Waals surface area contributed by atoms with Gasteiger partial charge < -0.3 is 44.5 Å². The smallest absolute Gasteiger partial charge is 1.00 e. The van der Waals surface area contributed by atoms with Crippen molar-refractivity contribution in [2.24, 2.45) is 0 Å². The van der Waals surface area contributed by atoms with Crippen molar-refractivity contribution < 1.29 is 192 Å². The average Bonchev–Trinajstić information content (AvgIpc) is 1.51. The standard InChI is InChI=1S/C16H13BrN2O3.C14H21NO5S.C12H12BrN2O.C12H10BrNO.C9H12O3S.C4H4O2.CH2O3.2K.H/c1-21-16(20)12-9-18-19-13(12)7-8-14(15(19)17)22-10-11-5-3-2-4-6-11;1-9-7-10(2)12(11(3)8-9)21(17,18)20-15-13(16)19-14(4,5)6;13-12-11(7-4-8-15(12)14)16-9-10-5-2-1-3-6-10;13-12-11(7-4-8-14-12)15-9-10-5-2-1-3-6-10;1-6-4-7(2)9(8(3)5-6)13(10,11)12;1-3-4(5)6-2;2-1-4-3;;;/h2-9H,10H2,1H3;7-8H,1-6H3,(H,15,16);1-8H,9,14H2;1-8H,9H2;4-5H,1-3H3,(H,10,11,12);1H,2H3;1,3H;;;/q;;+1;;;;;2*+1;-1/p-2. The van der Waals surface area contributed by atoms with E-state index in [4.69, 9.17) is 39.6 Å². The van der Waals surface area contributed by atoms with Crippen LogP contribution < -0.4 is 138 Å². The number of nitrogens with two attached hydrogens (primary N) is 1. The molecule has 0 unspecified atom stereocenters. The number of pyridine rings is 3. The van der Waals surface area contributed by atoms with Crippen molar-refractivity contribution in [1.29, 1.82) is 0 Å². The van der Waals surface area contributed by atoms with Gasteiger partial charge in [0, 0.05) is 34.1 Å². The van der Waals surface area contributed by atoms with Crippen molar-refractivity contribution in [2.45, 2.75) is 97.5 Å². The number of aromatic nitrogens is 4. The van der Waals surface area contributed by atoms with Crippen molar-refractivity contribution in [3.8, 4) is 29.6 Å². The number of fused-ring (bicyclic) bond motifs is 1. The second-order valence-corrected chi connectivity index (χ2v) is 26.0. The van der Waals surface area contributed by atoms with Gasteiger partial charge in [-0.3, -0.25) is 4.79 Å². The first-order valence-electron chi connectivity index (χ1n) is 28.4. The summed E-state index contributed by atoms with van der Waals surface area (Å²) in [7, 11) is -5.85. The van der Waals surface area contributed by atoms with Crippen LogP contribution in [-0.4, -0.2) is 80.3 Å².